The van der Waals surface area contributed by atoms with E-state index in [0.717, 1.165) is 6.42 Å². The Morgan fingerprint density at radius 3 is 2.54 bits per heavy atom. The van der Waals surface area contributed by atoms with Crippen LogP contribution < -0.4 is 14.8 Å². The fraction of sp³-hybridized carbons (Fsp3) is 0.263. The number of anilines is 1. The molecule has 0 aromatic heterocycles. The number of esters is 1. The van der Waals surface area contributed by atoms with Crippen LogP contribution in [0.5, 0.6) is 11.5 Å². The molecular weight excluding hydrogens is 402 g/mol. The second-order valence-electron chi connectivity index (χ2n) is 5.32. The van der Waals surface area contributed by atoms with Crippen LogP contribution in [-0.2, 0) is 9.53 Å². The second-order valence-corrected chi connectivity index (χ2v) is 6.17. The monoisotopic (exact) mass is 421 g/mol. The third-order valence-corrected chi connectivity index (χ3v) is 3.95. The molecule has 6 nitrogen and oxygen atoms in total. The zero-order valence-electron chi connectivity index (χ0n) is 14.6. The number of amides is 1. The highest BCUT2D eigenvalue weighted by Crippen LogP contribution is 2.27. The summed E-state index contributed by atoms with van der Waals surface area (Å²) in [7, 11) is 1.31. The molecule has 0 aliphatic heterocycles. The van der Waals surface area contributed by atoms with Gasteiger partial charge in [0, 0.05) is 0 Å². The van der Waals surface area contributed by atoms with E-state index in [0.29, 0.717) is 33.8 Å². The van der Waals surface area contributed by atoms with Gasteiger partial charge in [0.15, 0.2) is 6.61 Å². The Morgan fingerprint density at radius 2 is 1.85 bits per heavy atom. The van der Waals surface area contributed by atoms with E-state index in [1.165, 1.54) is 7.11 Å². The van der Waals surface area contributed by atoms with Crippen LogP contribution in [0.4, 0.5) is 5.69 Å². The molecule has 0 fully saturated rings. The third-order valence-electron chi connectivity index (χ3n) is 3.33. The Hall–Kier alpha value is -2.54. The molecule has 0 aliphatic rings. The fourth-order valence-corrected chi connectivity index (χ4v) is 2.59. The Balaban J connectivity index is 1.96. The molecule has 0 bridgehead atoms. The average Bonchev–Trinajstić information content (AvgIpc) is 2.65. The molecule has 138 valence electrons. The van der Waals surface area contributed by atoms with Crippen LogP contribution >= 0.6 is 15.9 Å². The van der Waals surface area contributed by atoms with E-state index >= 15 is 0 Å². The van der Waals surface area contributed by atoms with Crippen molar-refractivity contribution in [3.05, 3.63) is 52.5 Å². The maximum Gasteiger partial charge on any atom is 0.337 e. The van der Waals surface area contributed by atoms with Crippen molar-refractivity contribution in [2.24, 2.45) is 0 Å². The summed E-state index contributed by atoms with van der Waals surface area (Å²) >= 11 is 3.32. The lowest BCUT2D eigenvalue weighted by molar-refractivity contribution is -0.118. The predicted molar refractivity (Wildman–Crippen MR) is 102 cm³/mol. The van der Waals surface area contributed by atoms with Crippen LogP contribution in [0.1, 0.15) is 23.7 Å². The molecule has 0 radical (unpaired) electrons. The summed E-state index contributed by atoms with van der Waals surface area (Å²) in [6.45, 7) is 2.40. The molecule has 0 saturated carbocycles. The van der Waals surface area contributed by atoms with Gasteiger partial charge in [-0.3, -0.25) is 4.79 Å². The molecule has 1 N–H and O–H groups in total. The van der Waals surface area contributed by atoms with Gasteiger partial charge in [0.1, 0.15) is 11.5 Å². The van der Waals surface area contributed by atoms with Crippen molar-refractivity contribution in [3.8, 4) is 11.5 Å². The van der Waals surface area contributed by atoms with Crippen LogP contribution in [-0.4, -0.2) is 32.2 Å². The van der Waals surface area contributed by atoms with Crippen molar-refractivity contribution >= 4 is 33.5 Å². The van der Waals surface area contributed by atoms with Gasteiger partial charge in [-0.15, -0.1) is 0 Å². The van der Waals surface area contributed by atoms with E-state index < -0.39 is 5.97 Å². The van der Waals surface area contributed by atoms with Crippen LogP contribution in [0.2, 0.25) is 0 Å². The van der Waals surface area contributed by atoms with Gasteiger partial charge in [-0.1, -0.05) is 19.1 Å². The van der Waals surface area contributed by atoms with Crippen molar-refractivity contribution in [1.29, 1.82) is 0 Å². The summed E-state index contributed by atoms with van der Waals surface area (Å²) in [5.74, 6) is 0.301. The lowest BCUT2D eigenvalue weighted by atomic mass is 10.2. The van der Waals surface area contributed by atoms with Crippen LogP contribution in [0, 0.1) is 0 Å². The first-order valence-electron chi connectivity index (χ1n) is 8.07. The SMILES string of the molecule is CCCOc1ccccc1NC(=O)COc1ccc(C(=O)OC)cc1Br. The quantitative estimate of drug-likeness (QED) is 0.650. The van der Waals surface area contributed by atoms with Crippen molar-refractivity contribution in [2.75, 3.05) is 25.6 Å². The van der Waals surface area contributed by atoms with Crippen LogP contribution in [0.25, 0.3) is 0 Å². The van der Waals surface area contributed by atoms with Crippen molar-refractivity contribution in [2.45, 2.75) is 13.3 Å². The smallest absolute Gasteiger partial charge is 0.337 e. The van der Waals surface area contributed by atoms with E-state index in [2.05, 4.69) is 26.0 Å². The summed E-state index contributed by atoms with van der Waals surface area (Å²) < 4.78 is 16.3. The molecular formula is C19H20BrNO5. The molecule has 0 atom stereocenters. The number of nitrogens with one attached hydrogen (secondary N) is 1. The van der Waals surface area contributed by atoms with Gasteiger partial charge in [-0.05, 0) is 52.7 Å². The lowest BCUT2D eigenvalue weighted by Crippen LogP contribution is -2.20. The van der Waals surface area contributed by atoms with Gasteiger partial charge in [0.25, 0.3) is 5.91 Å². The lowest BCUT2D eigenvalue weighted by Gasteiger charge is -2.13. The molecule has 2 aromatic carbocycles. The van der Waals surface area contributed by atoms with Crippen LogP contribution in [0.15, 0.2) is 46.9 Å². The topological polar surface area (TPSA) is 73.9 Å². The minimum Gasteiger partial charge on any atom is -0.491 e. The Bertz CT molecular complexity index is 778. The van der Waals surface area contributed by atoms with E-state index in [4.69, 9.17) is 9.47 Å². The van der Waals surface area contributed by atoms with Gasteiger partial charge in [0.2, 0.25) is 0 Å². The van der Waals surface area contributed by atoms with E-state index in [1.54, 1.807) is 30.3 Å². The van der Waals surface area contributed by atoms with Crippen molar-refractivity contribution in [3.63, 3.8) is 0 Å². The number of hydrogen-bond acceptors (Lipinski definition) is 5. The number of halogens is 1. The zero-order chi connectivity index (χ0) is 18.9. The summed E-state index contributed by atoms with van der Waals surface area (Å²) in [5.41, 5.74) is 0.979. The first-order valence-corrected chi connectivity index (χ1v) is 8.86. The van der Waals surface area contributed by atoms with Gasteiger partial charge >= 0.3 is 5.97 Å². The summed E-state index contributed by atoms with van der Waals surface area (Å²) in [5, 5.41) is 2.77. The first kappa shape index (κ1) is 19.8. The number of carbonyl (C=O) groups excluding carboxylic acids is 2. The fourth-order valence-electron chi connectivity index (χ4n) is 2.10. The molecule has 1 amide bonds. The van der Waals surface area contributed by atoms with E-state index in [1.807, 2.05) is 19.1 Å². The van der Waals surface area contributed by atoms with Gasteiger partial charge in [-0.25, -0.2) is 4.79 Å². The maximum atomic E-state index is 12.2. The van der Waals surface area contributed by atoms with Crippen molar-refractivity contribution in [1.82, 2.24) is 0 Å². The van der Waals surface area contributed by atoms with Crippen molar-refractivity contribution < 1.29 is 23.8 Å². The molecule has 0 unspecified atom stereocenters. The number of hydrogen-bond donors (Lipinski definition) is 1. The molecule has 0 heterocycles. The highest BCUT2D eigenvalue weighted by Gasteiger charge is 2.12. The molecule has 7 heteroatoms. The molecule has 0 spiro atoms. The minimum absolute atomic E-state index is 0.182. The zero-order valence-corrected chi connectivity index (χ0v) is 16.2. The van der Waals surface area contributed by atoms with Gasteiger partial charge in [-0.2, -0.15) is 0 Å². The molecule has 2 rings (SSSR count). The maximum absolute atomic E-state index is 12.2. The predicted octanol–water partition coefficient (Wildman–Crippen LogP) is 4.04. The summed E-state index contributed by atoms with van der Waals surface area (Å²) in [4.78, 5) is 23.7. The highest BCUT2D eigenvalue weighted by molar-refractivity contribution is 9.10. The largest absolute Gasteiger partial charge is 0.491 e. The number of methoxy groups -OCH3 is 1. The standard InChI is InChI=1S/C19H20BrNO5/c1-3-10-25-17-7-5-4-6-15(17)21-18(22)12-26-16-9-8-13(11-14(16)20)19(23)24-2/h4-9,11H,3,10,12H2,1-2H3,(H,21,22). The summed E-state index contributed by atoms with van der Waals surface area (Å²) in [6, 6.07) is 12.0. The second kappa shape index (κ2) is 9.82. The first-order chi connectivity index (χ1) is 12.5. The highest BCUT2D eigenvalue weighted by atomic mass is 79.9. The number of para-hydroxylation sites is 2. The Labute approximate surface area is 160 Å². The normalized spacial score (nSPS) is 10.1. The molecule has 2 aromatic rings. The minimum atomic E-state index is -0.446. The molecule has 26 heavy (non-hydrogen) atoms. The molecule has 0 saturated heterocycles. The van der Waals surface area contributed by atoms with Gasteiger partial charge < -0.3 is 19.5 Å². The average molecular weight is 422 g/mol. The van der Waals surface area contributed by atoms with Crippen LogP contribution in [0.3, 0.4) is 0 Å². The third kappa shape index (κ3) is 5.49. The number of benzene rings is 2. The number of carbonyl (C=O) groups is 2. The van der Waals surface area contributed by atoms with E-state index in [-0.39, 0.29) is 12.5 Å². The van der Waals surface area contributed by atoms with Gasteiger partial charge in [0.05, 0.1) is 29.4 Å². The Kier molecular flexibility index (Phi) is 7.47. The van der Waals surface area contributed by atoms with E-state index in [9.17, 15) is 9.59 Å². The molecule has 0 aliphatic carbocycles. The Morgan fingerprint density at radius 1 is 1.08 bits per heavy atom. The number of rotatable bonds is 8. The summed E-state index contributed by atoms with van der Waals surface area (Å²) in [6.07, 6.45) is 0.876. The number of ether oxygens (including phenoxy) is 3.